The second-order valence-corrected chi connectivity index (χ2v) is 5.19. The van der Waals surface area contributed by atoms with Crippen molar-refractivity contribution in [2.75, 3.05) is 45.9 Å². The number of piperidine rings is 1. The quantitative estimate of drug-likeness (QED) is 0.500. The van der Waals surface area contributed by atoms with E-state index in [1.54, 1.807) is 0 Å². The summed E-state index contributed by atoms with van der Waals surface area (Å²) in [6, 6.07) is 0. The Morgan fingerprint density at radius 2 is 2.06 bits per heavy atom. The maximum Gasteiger partial charge on any atom is 0.0590 e. The molecule has 0 amide bonds. The summed E-state index contributed by atoms with van der Waals surface area (Å²) >= 11 is 0. The zero-order valence-corrected chi connectivity index (χ0v) is 11.8. The molecule has 0 atom stereocenters. The van der Waals surface area contributed by atoms with Gasteiger partial charge in [0.15, 0.2) is 0 Å². The summed E-state index contributed by atoms with van der Waals surface area (Å²) < 4.78 is 5.59. The fraction of sp³-hybridized carbons (Fsp3) is 0.867. The van der Waals surface area contributed by atoms with E-state index in [0.717, 1.165) is 45.1 Å². The number of rotatable bonds is 9. The van der Waals surface area contributed by atoms with Gasteiger partial charge in [0.05, 0.1) is 6.61 Å². The molecule has 0 saturated carbocycles. The van der Waals surface area contributed by atoms with Crippen LogP contribution >= 0.6 is 0 Å². The number of nitrogens with zero attached hydrogens (tertiary/aromatic N) is 1. The molecule has 1 aliphatic heterocycles. The van der Waals surface area contributed by atoms with Gasteiger partial charge in [-0.05, 0) is 38.3 Å². The van der Waals surface area contributed by atoms with Gasteiger partial charge in [-0.2, -0.15) is 0 Å². The number of nitrogens with one attached hydrogen (secondary N) is 1. The van der Waals surface area contributed by atoms with E-state index in [-0.39, 0.29) is 0 Å². The molecule has 18 heavy (non-hydrogen) atoms. The second kappa shape index (κ2) is 10.4. The first-order chi connectivity index (χ1) is 8.83. The SMILES string of the molecule is C#CCCNCCOCCCN1CCC(C)CC1. The third kappa shape index (κ3) is 7.71. The van der Waals surface area contributed by atoms with Crippen LogP contribution in [0.1, 0.15) is 32.6 Å². The number of hydrogen-bond donors (Lipinski definition) is 1. The molecule has 0 bridgehead atoms. The van der Waals surface area contributed by atoms with Crippen molar-refractivity contribution in [2.45, 2.75) is 32.6 Å². The molecule has 3 nitrogen and oxygen atoms in total. The molecule has 0 radical (unpaired) electrons. The predicted octanol–water partition coefficient (Wildman–Crippen LogP) is 1.74. The lowest BCUT2D eigenvalue weighted by atomic mass is 9.99. The Morgan fingerprint density at radius 1 is 1.28 bits per heavy atom. The van der Waals surface area contributed by atoms with Gasteiger partial charge < -0.3 is 15.0 Å². The normalized spacial score (nSPS) is 17.8. The van der Waals surface area contributed by atoms with Crippen LogP contribution in [-0.4, -0.2) is 50.8 Å². The molecule has 0 spiro atoms. The Morgan fingerprint density at radius 3 is 2.78 bits per heavy atom. The lowest BCUT2D eigenvalue weighted by Crippen LogP contribution is -2.34. The molecule has 1 N–H and O–H groups in total. The first kappa shape index (κ1) is 15.5. The van der Waals surface area contributed by atoms with E-state index in [1.165, 1.54) is 32.5 Å². The number of hydrogen-bond acceptors (Lipinski definition) is 3. The monoisotopic (exact) mass is 252 g/mol. The minimum Gasteiger partial charge on any atom is -0.380 e. The lowest BCUT2D eigenvalue weighted by Gasteiger charge is -2.30. The maximum atomic E-state index is 5.59. The Labute approximate surface area is 112 Å². The van der Waals surface area contributed by atoms with Crippen LogP contribution in [0.5, 0.6) is 0 Å². The molecule has 1 fully saturated rings. The van der Waals surface area contributed by atoms with Crippen molar-refractivity contribution in [1.29, 1.82) is 0 Å². The third-order valence-electron chi connectivity index (χ3n) is 3.51. The summed E-state index contributed by atoms with van der Waals surface area (Å²) in [5, 5.41) is 3.25. The van der Waals surface area contributed by atoms with Crippen LogP contribution in [0.25, 0.3) is 0 Å². The average Bonchev–Trinajstić information content (AvgIpc) is 2.39. The fourth-order valence-corrected chi connectivity index (χ4v) is 2.21. The van der Waals surface area contributed by atoms with E-state index in [0.29, 0.717) is 0 Å². The second-order valence-electron chi connectivity index (χ2n) is 5.19. The molecule has 0 aromatic rings. The molecule has 1 aliphatic rings. The first-order valence-electron chi connectivity index (χ1n) is 7.27. The highest BCUT2D eigenvalue weighted by molar-refractivity contribution is 4.83. The Bertz CT molecular complexity index is 229. The van der Waals surface area contributed by atoms with Crippen LogP contribution in [-0.2, 0) is 4.74 Å². The van der Waals surface area contributed by atoms with Crippen LogP contribution in [0.2, 0.25) is 0 Å². The standard InChI is InChI=1S/C15H28N2O/c1-3-4-8-16-9-14-18-13-5-10-17-11-6-15(2)7-12-17/h1,15-16H,4-14H2,2H3. The molecular weight excluding hydrogens is 224 g/mol. The topological polar surface area (TPSA) is 24.5 Å². The molecule has 1 heterocycles. The summed E-state index contributed by atoms with van der Waals surface area (Å²) in [6.07, 6.45) is 9.84. The molecule has 0 unspecified atom stereocenters. The van der Waals surface area contributed by atoms with Crippen molar-refractivity contribution < 1.29 is 4.74 Å². The van der Waals surface area contributed by atoms with Crippen molar-refractivity contribution >= 4 is 0 Å². The smallest absolute Gasteiger partial charge is 0.0590 e. The summed E-state index contributed by atoms with van der Waals surface area (Å²) in [5.74, 6) is 3.53. The first-order valence-corrected chi connectivity index (χ1v) is 7.27. The molecular formula is C15H28N2O. The van der Waals surface area contributed by atoms with E-state index in [4.69, 9.17) is 11.2 Å². The molecule has 1 rings (SSSR count). The van der Waals surface area contributed by atoms with E-state index in [1.807, 2.05) is 0 Å². The van der Waals surface area contributed by atoms with E-state index >= 15 is 0 Å². The largest absolute Gasteiger partial charge is 0.380 e. The Hall–Kier alpha value is -0.560. The van der Waals surface area contributed by atoms with E-state index in [9.17, 15) is 0 Å². The molecule has 0 aromatic heterocycles. The van der Waals surface area contributed by atoms with Crippen molar-refractivity contribution in [1.82, 2.24) is 10.2 Å². The minimum atomic E-state index is 0.793. The van der Waals surface area contributed by atoms with Gasteiger partial charge in [-0.25, -0.2) is 0 Å². The zero-order valence-electron chi connectivity index (χ0n) is 11.8. The highest BCUT2D eigenvalue weighted by Gasteiger charge is 2.14. The number of likely N-dealkylation sites (tertiary alicyclic amines) is 1. The van der Waals surface area contributed by atoms with Crippen LogP contribution in [0.4, 0.5) is 0 Å². The number of ether oxygens (including phenoxy) is 1. The molecule has 3 heteroatoms. The average molecular weight is 252 g/mol. The van der Waals surface area contributed by atoms with Gasteiger partial charge in [-0.15, -0.1) is 12.3 Å². The summed E-state index contributed by atoms with van der Waals surface area (Å²) in [7, 11) is 0. The van der Waals surface area contributed by atoms with E-state index < -0.39 is 0 Å². The Kier molecular flexibility index (Phi) is 8.93. The summed E-state index contributed by atoms with van der Waals surface area (Å²) in [5.41, 5.74) is 0. The van der Waals surface area contributed by atoms with E-state index in [2.05, 4.69) is 23.1 Å². The van der Waals surface area contributed by atoms with Gasteiger partial charge in [-0.3, -0.25) is 0 Å². The van der Waals surface area contributed by atoms with Crippen LogP contribution in [0.3, 0.4) is 0 Å². The highest BCUT2D eigenvalue weighted by Crippen LogP contribution is 2.15. The summed E-state index contributed by atoms with van der Waals surface area (Å²) in [6.45, 7) is 9.56. The van der Waals surface area contributed by atoms with Crippen molar-refractivity contribution in [3.63, 3.8) is 0 Å². The van der Waals surface area contributed by atoms with Crippen LogP contribution in [0.15, 0.2) is 0 Å². The van der Waals surface area contributed by atoms with Gasteiger partial charge in [0.1, 0.15) is 0 Å². The third-order valence-corrected chi connectivity index (χ3v) is 3.51. The molecule has 104 valence electrons. The molecule has 0 aromatic carbocycles. The highest BCUT2D eigenvalue weighted by atomic mass is 16.5. The van der Waals surface area contributed by atoms with Gasteiger partial charge in [-0.1, -0.05) is 6.92 Å². The zero-order chi connectivity index (χ0) is 13.1. The van der Waals surface area contributed by atoms with Crippen molar-refractivity contribution in [2.24, 2.45) is 5.92 Å². The predicted molar refractivity (Wildman–Crippen MR) is 76.6 cm³/mol. The van der Waals surface area contributed by atoms with Crippen LogP contribution in [0, 0.1) is 18.3 Å². The van der Waals surface area contributed by atoms with Gasteiger partial charge in [0.2, 0.25) is 0 Å². The summed E-state index contributed by atoms with van der Waals surface area (Å²) in [4.78, 5) is 2.56. The molecule has 0 aliphatic carbocycles. The molecule has 1 saturated heterocycles. The van der Waals surface area contributed by atoms with Crippen molar-refractivity contribution in [3.05, 3.63) is 0 Å². The van der Waals surface area contributed by atoms with Crippen LogP contribution < -0.4 is 5.32 Å². The number of terminal acetylenes is 1. The lowest BCUT2D eigenvalue weighted by molar-refractivity contribution is 0.114. The maximum absolute atomic E-state index is 5.59. The van der Waals surface area contributed by atoms with Crippen molar-refractivity contribution in [3.8, 4) is 12.3 Å². The minimum absolute atomic E-state index is 0.793. The van der Waals surface area contributed by atoms with Gasteiger partial charge >= 0.3 is 0 Å². The van der Waals surface area contributed by atoms with Gasteiger partial charge in [0, 0.05) is 32.7 Å². The fourth-order valence-electron chi connectivity index (χ4n) is 2.21. The Balaban J connectivity index is 1.80. The van der Waals surface area contributed by atoms with Gasteiger partial charge in [0.25, 0.3) is 0 Å².